The Hall–Kier alpha value is -3.29. The van der Waals surface area contributed by atoms with E-state index >= 15 is 0 Å². The molecule has 0 unspecified atom stereocenters. The number of halogens is 2. The Morgan fingerprint density at radius 2 is 1.50 bits per heavy atom. The molecular weight excluding hydrogens is 436 g/mol. The second kappa shape index (κ2) is 11.2. The van der Waals surface area contributed by atoms with E-state index in [1.165, 1.54) is 24.3 Å². The van der Waals surface area contributed by atoms with Crippen LogP contribution in [0.25, 0.3) is 0 Å². The first-order chi connectivity index (χ1) is 16.5. The van der Waals surface area contributed by atoms with Crippen LogP contribution in [0.15, 0.2) is 72.8 Å². The molecule has 0 saturated carbocycles. The van der Waals surface area contributed by atoms with Gasteiger partial charge in [-0.25, -0.2) is 8.78 Å². The maximum atomic E-state index is 13.6. The molecule has 4 rings (SSSR count). The van der Waals surface area contributed by atoms with Gasteiger partial charge in [-0.15, -0.1) is 0 Å². The Morgan fingerprint density at radius 3 is 2.12 bits per heavy atom. The van der Waals surface area contributed by atoms with Gasteiger partial charge in [0.15, 0.2) is 0 Å². The number of rotatable bonds is 7. The topological polar surface area (TPSA) is 44.8 Å². The highest BCUT2D eigenvalue weighted by Gasteiger charge is 2.26. The number of benzene rings is 3. The molecule has 7 heteroatoms. The SMILES string of the molecule is COc1ccccc1NC(=O)CN1CCCN(C(c2ccc(F)cc2)c2ccc(F)cc2)CC1. The van der Waals surface area contributed by atoms with E-state index in [-0.39, 0.29) is 30.1 Å². The first kappa shape index (κ1) is 23.9. The number of methoxy groups -OCH3 is 1. The molecule has 0 spiro atoms. The van der Waals surface area contributed by atoms with Gasteiger partial charge in [-0.1, -0.05) is 36.4 Å². The number of carbonyl (C=O) groups excluding carboxylic acids is 1. The van der Waals surface area contributed by atoms with Gasteiger partial charge in [0.1, 0.15) is 17.4 Å². The third kappa shape index (κ3) is 5.98. The number of para-hydroxylation sites is 2. The molecule has 0 aromatic heterocycles. The lowest BCUT2D eigenvalue weighted by Gasteiger charge is -2.31. The maximum absolute atomic E-state index is 13.6. The van der Waals surface area contributed by atoms with E-state index in [0.29, 0.717) is 18.0 Å². The lowest BCUT2D eigenvalue weighted by Crippen LogP contribution is -2.37. The van der Waals surface area contributed by atoms with Gasteiger partial charge in [0.05, 0.1) is 25.4 Å². The molecule has 1 aliphatic heterocycles. The summed E-state index contributed by atoms with van der Waals surface area (Å²) >= 11 is 0. The van der Waals surface area contributed by atoms with E-state index in [2.05, 4.69) is 15.1 Å². The number of carbonyl (C=O) groups is 1. The van der Waals surface area contributed by atoms with Crippen molar-refractivity contribution in [1.82, 2.24) is 9.80 Å². The van der Waals surface area contributed by atoms with Crippen molar-refractivity contribution in [3.8, 4) is 5.75 Å². The normalized spacial score (nSPS) is 15.2. The Balaban J connectivity index is 1.45. The third-order valence-corrected chi connectivity index (χ3v) is 6.11. The fourth-order valence-corrected chi connectivity index (χ4v) is 4.45. The fourth-order valence-electron chi connectivity index (χ4n) is 4.45. The van der Waals surface area contributed by atoms with Gasteiger partial charge in [0, 0.05) is 19.6 Å². The minimum Gasteiger partial charge on any atom is -0.495 e. The predicted octanol–water partition coefficient (Wildman–Crippen LogP) is 4.71. The molecule has 178 valence electrons. The van der Waals surface area contributed by atoms with E-state index < -0.39 is 0 Å². The predicted molar refractivity (Wildman–Crippen MR) is 129 cm³/mol. The highest BCUT2D eigenvalue weighted by atomic mass is 19.1. The van der Waals surface area contributed by atoms with Gasteiger partial charge in [-0.3, -0.25) is 14.6 Å². The summed E-state index contributed by atoms with van der Waals surface area (Å²) in [5.74, 6) is -0.0414. The first-order valence-corrected chi connectivity index (χ1v) is 11.4. The Bertz CT molecular complexity index is 1040. The lowest BCUT2D eigenvalue weighted by molar-refractivity contribution is -0.117. The van der Waals surface area contributed by atoms with Gasteiger partial charge in [-0.2, -0.15) is 0 Å². The second-order valence-electron chi connectivity index (χ2n) is 8.42. The van der Waals surface area contributed by atoms with E-state index in [4.69, 9.17) is 4.74 Å². The Morgan fingerprint density at radius 1 is 0.882 bits per heavy atom. The quantitative estimate of drug-likeness (QED) is 0.549. The van der Waals surface area contributed by atoms with Crippen molar-refractivity contribution >= 4 is 11.6 Å². The van der Waals surface area contributed by atoms with Crippen molar-refractivity contribution in [3.05, 3.63) is 95.6 Å². The Labute approximate surface area is 198 Å². The summed E-state index contributed by atoms with van der Waals surface area (Å²) in [5, 5.41) is 2.94. The zero-order valence-corrected chi connectivity index (χ0v) is 19.2. The second-order valence-corrected chi connectivity index (χ2v) is 8.42. The fraction of sp³-hybridized carbons (Fsp3) is 0.296. The van der Waals surface area contributed by atoms with E-state index in [9.17, 15) is 13.6 Å². The largest absolute Gasteiger partial charge is 0.495 e. The van der Waals surface area contributed by atoms with Crippen LogP contribution >= 0.6 is 0 Å². The summed E-state index contributed by atoms with van der Waals surface area (Å²) in [5.41, 5.74) is 2.56. The number of ether oxygens (including phenoxy) is 1. The summed E-state index contributed by atoms with van der Waals surface area (Å²) in [7, 11) is 1.58. The van der Waals surface area contributed by atoms with E-state index in [1.807, 2.05) is 24.3 Å². The van der Waals surface area contributed by atoms with Crippen molar-refractivity contribution in [3.63, 3.8) is 0 Å². The molecule has 0 radical (unpaired) electrons. The van der Waals surface area contributed by atoms with Crippen LogP contribution in [0.1, 0.15) is 23.6 Å². The molecule has 1 N–H and O–H groups in total. The molecule has 1 fully saturated rings. The molecular formula is C27H29F2N3O2. The van der Waals surface area contributed by atoms with Gasteiger partial charge in [-0.05, 0) is 60.5 Å². The monoisotopic (exact) mass is 465 g/mol. The zero-order valence-electron chi connectivity index (χ0n) is 19.2. The highest BCUT2D eigenvalue weighted by Crippen LogP contribution is 2.30. The van der Waals surface area contributed by atoms with Crippen LogP contribution in [-0.4, -0.2) is 55.5 Å². The third-order valence-electron chi connectivity index (χ3n) is 6.11. The minimum atomic E-state index is -0.287. The molecule has 0 atom stereocenters. The summed E-state index contributed by atoms with van der Waals surface area (Å²) < 4.78 is 32.5. The van der Waals surface area contributed by atoms with Crippen LogP contribution in [0.5, 0.6) is 5.75 Å². The molecule has 1 amide bonds. The number of hydrogen-bond donors (Lipinski definition) is 1. The van der Waals surface area contributed by atoms with Crippen molar-refractivity contribution in [2.75, 3.05) is 45.2 Å². The van der Waals surface area contributed by atoms with E-state index in [0.717, 1.165) is 37.2 Å². The molecule has 1 aliphatic rings. The van der Waals surface area contributed by atoms with Gasteiger partial charge < -0.3 is 10.1 Å². The summed E-state index contributed by atoms with van der Waals surface area (Å²) in [6.45, 7) is 3.31. The van der Waals surface area contributed by atoms with Crippen LogP contribution < -0.4 is 10.1 Å². The standard InChI is InChI=1S/C27H29F2N3O2/c1-34-25-6-3-2-5-24(25)30-26(33)19-31-15-4-16-32(18-17-31)27(20-7-11-22(28)12-8-20)21-9-13-23(29)14-10-21/h2-3,5-14,27H,4,15-19H2,1H3,(H,30,33). The highest BCUT2D eigenvalue weighted by molar-refractivity contribution is 5.93. The van der Waals surface area contributed by atoms with Crippen LogP contribution in [-0.2, 0) is 4.79 Å². The number of amides is 1. The molecule has 1 saturated heterocycles. The summed E-state index contributed by atoms with van der Waals surface area (Å²) in [6.07, 6.45) is 0.876. The van der Waals surface area contributed by atoms with E-state index in [1.54, 1.807) is 31.4 Å². The molecule has 5 nitrogen and oxygen atoms in total. The van der Waals surface area contributed by atoms with Crippen molar-refractivity contribution < 1.29 is 18.3 Å². The lowest BCUT2D eigenvalue weighted by atomic mass is 9.96. The summed E-state index contributed by atoms with van der Waals surface area (Å²) in [4.78, 5) is 17.1. The first-order valence-electron chi connectivity index (χ1n) is 11.4. The molecule has 3 aromatic carbocycles. The van der Waals surface area contributed by atoms with Gasteiger partial charge in [0.25, 0.3) is 0 Å². The van der Waals surface area contributed by atoms with Crippen molar-refractivity contribution in [2.24, 2.45) is 0 Å². The van der Waals surface area contributed by atoms with Gasteiger partial charge in [0.2, 0.25) is 5.91 Å². The van der Waals surface area contributed by atoms with Gasteiger partial charge >= 0.3 is 0 Å². The van der Waals surface area contributed by atoms with Crippen LogP contribution in [0, 0.1) is 11.6 Å². The molecule has 0 aliphatic carbocycles. The van der Waals surface area contributed by atoms with Crippen LogP contribution in [0.3, 0.4) is 0 Å². The number of hydrogen-bond acceptors (Lipinski definition) is 4. The minimum absolute atomic E-state index is 0.0911. The average molecular weight is 466 g/mol. The molecule has 1 heterocycles. The molecule has 3 aromatic rings. The van der Waals surface area contributed by atoms with Crippen LogP contribution in [0.2, 0.25) is 0 Å². The summed E-state index contributed by atoms with van der Waals surface area (Å²) in [6, 6.07) is 20.2. The number of nitrogens with zero attached hydrogens (tertiary/aromatic N) is 2. The number of nitrogens with one attached hydrogen (secondary N) is 1. The smallest absolute Gasteiger partial charge is 0.238 e. The number of anilines is 1. The molecule has 34 heavy (non-hydrogen) atoms. The molecule has 0 bridgehead atoms. The van der Waals surface area contributed by atoms with Crippen molar-refractivity contribution in [2.45, 2.75) is 12.5 Å². The zero-order chi connectivity index (χ0) is 23.9. The average Bonchev–Trinajstić information content (AvgIpc) is 3.07. The Kier molecular flexibility index (Phi) is 7.87. The van der Waals surface area contributed by atoms with Crippen molar-refractivity contribution in [1.29, 1.82) is 0 Å². The maximum Gasteiger partial charge on any atom is 0.238 e. The van der Waals surface area contributed by atoms with Crippen LogP contribution in [0.4, 0.5) is 14.5 Å².